The molecule has 27 heavy (non-hydrogen) atoms. The topological polar surface area (TPSA) is 124 Å². The van der Waals surface area contributed by atoms with Crippen molar-refractivity contribution in [3.63, 3.8) is 0 Å². The highest BCUT2D eigenvalue weighted by molar-refractivity contribution is 7.89. The number of nitro groups is 1. The van der Waals surface area contributed by atoms with Crippen LogP contribution in [0.15, 0.2) is 58.8 Å². The van der Waals surface area contributed by atoms with E-state index in [1.165, 1.54) is 18.2 Å². The molecule has 0 aliphatic heterocycles. The molecule has 2 heterocycles. The lowest BCUT2D eigenvalue weighted by Crippen LogP contribution is -2.28. The number of ether oxygens (including phenoxy) is 1. The molecule has 3 aromatic rings. The van der Waals surface area contributed by atoms with E-state index >= 15 is 0 Å². The second-order valence-electron chi connectivity index (χ2n) is 5.23. The van der Waals surface area contributed by atoms with Gasteiger partial charge in [-0.05, 0) is 23.6 Å². The van der Waals surface area contributed by atoms with Gasteiger partial charge in [0.1, 0.15) is 12.3 Å². The Bertz CT molecular complexity index is 1020. The highest BCUT2D eigenvalue weighted by atomic mass is 32.2. The maximum absolute atomic E-state index is 12.2. The first-order chi connectivity index (χ1) is 13.0. The van der Waals surface area contributed by atoms with E-state index in [0.29, 0.717) is 0 Å². The standard InChI is InChI=1S/C16H14N4O5S2/c21-20(22)12-3-1-4-13(11-12)27(23,24)17-8-9-25-16-7-6-14(18-19-16)15-5-2-10-26-15/h1-7,10-11,17H,8-9H2. The van der Waals surface area contributed by atoms with E-state index in [0.717, 1.165) is 16.6 Å². The average Bonchev–Trinajstić information content (AvgIpc) is 3.20. The Balaban J connectivity index is 1.53. The Morgan fingerprint density at radius 2 is 2.00 bits per heavy atom. The second-order valence-corrected chi connectivity index (χ2v) is 7.95. The van der Waals surface area contributed by atoms with E-state index in [2.05, 4.69) is 14.9 Å². The summed E-state index contributed by atoms with van der Waals surface area (Å²) in [7, 11) is -3.88. The minimum atomic E-state index is -3.88. The van der Waals surface area contributed by atoms with Gasteiger partial charge in [-0.25, -0.2) is 13.1 Å². The van der Waals surface area contributed by atoms with Gasteiger partial charge in [-0.3, -0.25) is 10.1 Å². The van der Waals surface area contributed by atoms with Gasteiger partial charge in [0, 0.05) is 24.7 Å². The van der Waals surface area contributed by atoms with Crippen molar-refractivity contribution in [3.8, 4) is 16.5 Å². The lowest BCUT2D eigenvalue weighted by atomic mass is 10.3. The van der Waals surface area contributed by atoms with Crippen LogP contribution in [0.25, 0.3) is 10.6 Å². The molecule has 9 nitrogen and oxygen atoms in total. The van der Waals surface area contributed by atoms with Crippen LogP contribution in [0.2, 0.25) is 0 Å². The van der Waals surface area contributed by atoms with Gasteiger partial charge in [0.05, 0.1) is 14.7 Å². The zero-order valence-electron chi connectivity index (χ0n) is 13.8. The average molecular weight is 406 g/mol. The first-order valence-corrected chi connectivity index (χ1v) is 10.1. The molecule has 2 aromatic heterocycles. The van der Waals surface area contributed by atoms with Crippen molar-refractivity contribution in [1.82, 2.24) is 14.9 Å². The summed E-state index contributed by atoms with van der Waals surface area (Å²) in [5.74, 6) is 0.268. The molecule has 1 N–H and O–H groups in total. The van der Waals surface area contributed by atoms with Gasteiger partial charge in [-0.1, -0.05) is 12.1 Å². The highest BCUT2D eigenvalue weighted by Gasteiger charge is 2.17. The van der Waals surface area contributed by atoms with Gasteiger partial charge in [-0.15, -0.1) is 21.5 Å². The number of aromatic nitrogens is 2. The van der Waals surface area contributed by atoms with E-state index < -0.39 is 14.9 Å². The van der Waals surface area contributed by atoms with Crippen molar-refractivity contribution < 1.29 is 18.1 Å². The van der Waals surface area contributed by atoms with E-state index in [-0.39, 0.29) is 29.6 Å². The fraction of sp³-hybridized carbons (Fsp3) is 0.125. The van der Waals surface area contributed by atoms with Gasteiger partial charge in [0.15, 0.2) is 0 Å². The molecule has 0 saturated heterocycles. The van der Waals surface area contributed by atoms with Crippen molar-refractivity contribution in [3.05, 3.63) is 64.0 Å². The van der Waals surface area contributed by atoms with Crippen molar-refractivity contribution in [2.45, 2.75) is 4.90 Å². The lowest BCUT2D eigenvalue weighted by Gasteiger charge is -2.08. The number of nitrogens with one attached hydrogen (secondary N) is 1. The third kappa shape index (κ3) is 4.84. The third-order valence-electron chi connectivity index (χ3n) is 3.40. The smallest absolute Gasteiger partial charge is 0.270 e. The molecule has 0 saturated carbocycles. The Morgan fingerprint density at radius 1 is 1.15 bits per heavy atom. The molecule has 0 aliphatic carbocycles. The number of non-ortho nitro benzene ring substituents is 1. The number of sulfonamides is 1. The Labute approximate surface area is 158 Å². The van der Waals surface area contributed by atoms with Crippen LogP contribution in [0.3, 0.4) is 0 Å². The monoisotopic (exact) mass is 406 g/mol. The van der Waals surface area contributed by atoms with Gasteiger partial charge < -0.3 is 4.74 Å². The first-order valence-electron chi connectivity index (χ1n) is 7.70. The zero-order chi connectivity index (χ0) is 19.3. The first kappa shape index (κ1) is 18.9. The summed E-state index contributed by atoms with van der Waals surface area (Å²) >= 11 is 1.54. The largest absolute Gasteiger partial charge is 0.475 e. The van der Waals surface area contributed by atoms with Crippen LogP contribution < -0.4 is 9.46 Å². The predicted molar refractivity (Wildman–Crippen MR) is 99.1 cm³/mol. The number of nitrogens with zero attached hydrogens (tertiary/aromatic N) is 3. The fourth-order valence-corrected chi connectivity index (χ4v) is 3.87. The van der Waals surface area contributed by atoms with Gasteiger partial charge in [0.2, 0.25) is 15.9 Å². The fourth-order valence-electron chi connectivity index (χ4n) is 2.13. The van der Waals surface area contributed by atoms with E-state index in [1.54, 1.807) is 23.5 Å². The summed E-state index contributed by atoms with van der Waals surface area (Å²) in [5.41, 5.74) is 0.430. The second kappa shape index (κ2) is 8.20. The summed E-state index contributed by atoms with van der Waals surface area (Å²) in [6, 6.07) is 12.1. The predicted octanol–water partition coefficient (Wildman–Crippen LogP) is 2.47. The molecule has 0 atom stereocenters. The zero-order valence-corrected chi connectivity index (χ0v) is 15.4. The summed E-state index contributed by atoms with van der Waals surface area (Å²) < 4.78 is 32.0. The van der Waals surface area contributed by atoms with Crippen LogP contribution >= 0.6 is 11.3 Å². The molecule has 0 bridgehead atoms. The van der Waals surface area contributed by atoms with Crippen molar-refractivity contribution in [1.29, 1.82) is 0 Å². The Hall–Kier alpha value is -2.89. The number of hydrogen-bond donors (Lipinski definition) is 1. The lowest BCUT2D eigenvalue weighted by molar-refractivity contribution is -0.385. The maximum Gasteiger partial charge on any atom is 0.270 e. The SMILES string of the molecule is O=[N+]([O-])c1cccc(S(=O)(=O)NCCOc2ccc(-c3cccs3)nn2)c1. The molecule has 11 heteroatoms. The number of hydrogen-bond acceptors (Lipinski definition) is 8. The maximum atomic E-state index is 12.2. The molecule has 0 radical (unpaired) electrons. The van der Waals surface area contributed by atoms with Crippen LogP contribution in [0.1, 0.15) is 0 Å². The van der Waals surface area contributed by atoms with E-state index in [9.17, 15) is 18.5 Å². The minimum absolute atomic E-state index is 0.0284. The Kier molecular flexibility index (Phi) is 5.74. The molecular formula is C16H14N4O5S2. The Morgan fingerprint density at radius 3 is 2.67 bits per heavy atom. The molecule has 140 valence electrons. The van der Waals surface area contributed by atoms with Crippen LogP contribution in [-0.2, 0) is 10.0 Å². The summed E-state index contributed by atoms with van der Waals surface area (Å²) in [6.07, 6.45) is 0. The number of benzene rings is 1. The summed E-state index contributed by atoms with van der Waals surface area (Å²) in [6.45, 7) is 0.000562. The normalized spacial score (nSPS) is 11.3. The van der Waals surface area contributed by atoms with Crippen LogP contribution in [0, 0.1) is 10.1 Å². The van der Waals surface area contributed by atoms with Gasteiger partial charge in [0.25, 0.3) is 5.69 Å². The number of thiophene rings is 1. The molecule has 3 rings (SSSR count). The van der Waals surface area contributed by atoms with Crippen LogP contribution in [0.5, 0.6) is 5.88 Å². The number of nitro benzene ring substituents is 1. The molecule has 0 fully saturated rings. The molecule has 1 aromatic carbocycles. The number of rotatable bonds is 8. The van der Waals surface area contributed by atoms with Crippen LogP contribution in [0.4, 0.5) is 5.69 Å². The van der Waals surface area contributed by atoms with Crippen molar-refractivity contribution in [2.75, 3.05) is 13.2 Å². The van der Waals surface area contributed by atoms with E-state index in [4.69, 9.17) is 4.74 Å². The third-order valence-corrected chi connectivity index (χ3v) is 5.75. The quantitative estimate of drug-likeness (QED) is 0.346. The summed E-state index contributed by atoms with van der Waals surface area (Å²) in [4.78, 5) is 10.9. The van der Waals surface area contributed by atoms with Crippen LogP contribution in [-0.4, -0.2) is 36.7 Å². The van der Waals surface area contributed by atoms with Crippen molar-refractivity contribution >= 4 is 27.0 Å². The van der Waals surface area contributed by atoms with Gasteiger partial charge >= 0.3 is 0 Å². The molecule has 0 unspecified atom stereocenters. The highest BCUT2D eigenvalue weighted by Crippen LogP contribution is 2.22. The molecule has 0 aliphatic rings. The molecular weight excluding hydrogens is 392 g/mol. The van der Waals surface area contributed by atoms with E-state index in [1.807, 2.05) is 17.5 Å². The minimum Gasteiger partial charge on any atom is -0.475 e. The van der Waals surface area contributed by atoms with Gasteiger partial charge in [-0.2, -0.15) is 0 Å². The van der Waals surface area contributed by atoms with Crippen molar-refractivity contribution in [2.24, 2.45) is 0 Å². The molecule has 0 spiro atoms. The summed E-state index contributed by atoms with van der Waals surface area (Å²) in [5, 5.41) is 20.7. The molecule has 0 amide bonds.